The number of hydrogen-bond donors (Lipinski definition) is 0. The lowest BCUT2D eigenvalue weighted by Gasteiger charge is -2.21. The molecule has 1 aliphatic rings. The maximum atomic E-state index is 6.50. The monoisotopic (exact) mass is 1890 g/mol. The summed E-state index contributed by atoms with van der Waals surface area (Å²) in [4.78, 5) is 20.4. The van der Waals surface area contributed by atoms with Crippen LogP contribution in [0, 0.1) is 0 Å². The van der Waals surface area contributed by atoms with Gasteiger partial charge >= 0.3 is 0 Å². The number of hydrogen-bond acceptors (Lipinski definition) is 5. The van der Waals surface area contributed by atoms with Gasteiger partial charge in [-0.05, 0) is 200 Å². The second-order valence-corrected chi connectivity index (χ2v) is 36.3. The summed E-state index contributed by atoms with van der Waals surface area (Å²) in [5.41, 5.74) is 37.4. The highest BCUT2D eigenvalue weighted by molar-refractivity contribution is 6.24. The first-order chi connectivity index (χ1) is 68.2. The molecule has 0 N–H and O–H groups in total. The fraction of sp³-hybridized carbons (Fsp3) is 0.0233. The van der Waals surface area contributed by atoms with Gasteiger partial charge in [0.1, 0.15) is 11.2 Å². The van der Waals surface area contributed by atoms with Gasteiger partial charge in [0, 0.05) is 190 Å². The van der Waals surface area contributed by atoms with E-state index in [0.717, 1.165) is 117 Å². The Balaban J connectivity index is -0.0000000464. The van der Waals surface area contributed by atoms with Crippen molar-refractivity contribution in [2.75, 3.05) is 0 Å². The van der Waals surface area contributed by atoms with Gasteiger partial charge < -0.3 is 18.1 Å². The molecule has 1 aliphatic carbocycles. The summed E-state index contributed by atoms with van der Waals surface area (Å²) < 4.78 is 15.9. The molecule has 138 heavy (non-hydrogen) atoms. The molecule has 0 fully saturated rings. The fourth-order valence-corrected chi connectivity index (χ4v) is 21.4. The fourth-order valence-electron chi connectivity index (χ4n) is 21.4. The number of rotatable bonds is 12. The van der Waals surface area contributed by atoms with E-state index in [4.69, 9.17) is 24.4 Å². The van der Waals surface area contributed by atoms with Crippen molar-refractivity contribution >= 4 is 120 Å². The van der Waals surface area contributed by atoms with E-state index in [0.29, 0.717) is 5.95 Å². The first-order valence-corrected chi connectivity index (χ1v) is 47.1. The number of aromatic nitrogens is 8. The molecule has 0 spiro atoms. The summed E-state index contributed by atoms with van der Waals surface area (Å²) in [6.45, 7) is 4.70. The van der Waals surface area contributed by atoms with Crippen LogP contribution in [0.3, 0.4) is 0 Å². The molecule has 9 nitrogen and oxygen atoms in total. The van der Waals surface area contributed by atoms with E-state index in [1.807, 2.05) is 42.5 Å². The molecule has 27 aromatic rings. The van der Waals surface area contributed by atoms with E-state index in [2.05, 4.69) is 475 Å². The highest BCUT2D eigenvalue weighted by Crippen LogP contribution is 2.52. The largest absolute Gasteiger partial charge is 0.455 e. The van der Waals surface area contributed by atoms with Crippen molar-refractivity contribution in [2.45, 2.75) is 19.3 Å². The minimum absolute atomic E-state index is 0. The molecule has 28 rings (SSSR count). The molecule has 0 unspecified atom stereocenters. The maximum absolute atomic E-state index is 6.50. The van der Waals surface area contributed by atoms with Crippen molar-refractivity contribution in [3.05, 3.63) is 496 Å². The van der Waals surface area contributed by atoms with Gasteiger partial charge in [0.25, 0.3) is 0 Å². The molecule has 7 aromatic heterocycles. The Kier molecular flexibility index (Phi) is 19.4. The highest BCUT2D eigenvalue weighted by Gasteiger charge is 2.37. The zero-order valence-electron chi connectivity index (χ0n) is 75.7. The third-order valence-electron chi connectivity index (χ3n) is 27.9. The Bertz CT molecular complexity index is 9530. The second kappa shape index (κ2) is 33.2. The van der Waals surface area contributed by atoms with E-state index in [1.54, 1.807) is 0 Å². The molecule has 9 heteroatoms. The lowest BCUT2D eigenvalue weighted by Crippen LogP contribution is -2.14. The molecule has 0 bridgehead atoms. The van der Waals surface area contributed by atoms with Crippen molar-refractivity contribution in [1.29, 1.82) is 0 Å². The number of benzene rings is 20. The first kappa shape index (κ1) is 80.7. The van der Waals surface area contributed by atoms with Crippen molar-refractivity contribution in [2.24, 2.45) is 0 Å². The number of furan rings is 1. The molecule has 0 amide bonds. The quantitative estimate of drug-likeness (QED) is 0.122. The van der Waals surface area contributed by atoms with E-state index in [1.165, 1.54) is 132 Å². The van der Waals surface area contributed by atoms with Gasteiger partial charge in [-0.2, -0.15) is 0 Å². The number of nitrogens with zero attached hydrogens (tertiary/aromatic N) is 8. The van der Waals surface area contributed by atoms with E-state index in [9.17, 15) is 0 Å². The molecule has 0 saturated carbocycles. The average Bonchev–Trinajstić information content (AvgIpc) is 1.55. The summed E-state index contributed by atoms with van der Waals surface area (Å²) in [7, 11) is 0. The minimum atomic E-state index is -0.0419. The van der Waals surface area contributed by atoms with Crippen LogP contribution >= 0.6 is 0 Å². The topological polar surface area (TPSA) is 84.4 Å². The van der Waals surface area contributed by atoms with Gasteiger partial charge in [-0.3, -0.25) is 4.57 Å². The van der Waals surface area contributed by atoms with Gasteiger partial charge in [-0.25, -0.2) is 19.9 Å². The van der Waals surface area contributed by atoms with Crippen LogP contribution in [0.25, 0.3) is 244 Å². The second-order valence-electron chi connectivity index (χ2n) is 36.3. The lowest BCUT2D eigenvalue weighted by atomic mass is 9.82. The Labute approximate surface area is 891 Å². The lowest BCUT2D eigenvalue weighted by molar-refractivity contribution is 0.661. The molecule has 0 atom stereocenters. The minimum Gasteiger partial charge on any atom is -0.455 e. The zero-order chi connectivity index (χ0) is 91.5. The van der Waals surface area contributed by atoms with E-state index in [-0.39, 0.29) is 96.7 Å². The number of fused-ring (bicyclic) bond motifs is 20. The van der Waals surface area contributed by atoms with Crippen LogP contribution < -0.4 is 0 Å². The van der Waals surface area contributed by atoms with Crippen molar-refractivity contribution in [3.8, 4) is 124 Å². The van der Waals surface area contributed by atoms with Crippen molar-refractivity contribution in [1.82, 2.24) is 38.2 Å². The van der Waals surface area contributed by atoms with Crippen LogP contribution in [0.5, 0.6) is 0 Å². The van der Waals surface area contributed by atoms with E-state index >= 15 is 0 Å². The first-order valence-electron chi connectivity index (χ1n) is 47.1. The molecule has 0 saturated heterocycles. The summed E-state index contributed by atoms with van der Waals surface area (Å²) >= 11 is 0. The van der Waals surface area contributed by atoms with Gasteiger partial charge in [0.2, 0.25) is 5.95 Å². The molecular weight excluding hydrogens is 1680 g/mol. The molecule has 20 aromatic carbocycles. The summed E-state index contributed by atoms with van der Waals surface area (Å²) in [5.74, 6) is 1.39. The zero-order valence-corrected chi connectivity index (χ0v) is 75.7. The van der Waals surface area contributed by atoms with Crippen LogP contribution in [0.2, 0.25) is 0 Å². The molecule has 0 radical (unpaired) electrons. The number of para-hydroxylation sites is 6. The van der Waals surface area contributed by atoms with Gasteiger partial charge in [0.15, 0.2) is 5.82 Å². The maximum Gasteiger partial charge on any atom is 0.235 e. The van der Waals surface area contributed by atoms with Crippen LogP contribution in [-0.2, 0) is 5.41 Å². The third-order valence-corrected chi connectivity index (χ3v) is 27.9. The van der Waals surface area contributed by atoms with Gasteiger partial charge in [-0.1, -0.05) is 366 Å². The Hall–Kier alpha value is -18.2. The Morgan fingerprint density at radius 2 is 0.638 bits per heavy atom. The summed E-state index contributed by atoms with van der Waals surface area (Å²) in [6.07, 6.45) is 0. The molecule has 7 heterocycles. The standard InChI is InChI=1S/C50H32N4.C43H31N3.C36H23NO.64H2/c1-3-14-33(15-4-1)35-18-13-19-38(30-35)53-45-24-11-8-20-39(45)42-31-36(26-28-47(42)53)37-27-29-48-43(32-37)40-21-9-12-25-46(40)54(48)50-51-44-23-10-7-22-41(44)49(52-50)34-16-5-2-6-17-34;1-43(2)36-19-11-9-17-32(36)34-26-41-35(25-37(34)43)33-18-10-12-20-40(33)46(41)31-23-21-29(22-24-31)39-27-38(28-13-5-3-6-14-28)44-42(45-39)30-15-7-4-8-16-30;1-3-11-24(12-4-1)26-21-27(25-13-5-2-6-14-25)23-28(22-26)37-32-17-9-7-16-31(32)35-33(37)20-19-30-29-15-8-10-18-34(29)38-36(30)35;;;;;;;;;;;;;;;;;;;;;;;;;;;;;;;;;;;;;;;;;;;;;;;;;;;;;;;;;;;;;;;;/h1-32H;3-27H,1-2H3;1-23H;64*1H. The molecule has 0 aliphatic heterocycles. The Morgan fingerprint density at radius 1 is 0.217 bits per heavy atom. The summed E-state index contributed by atoms with van der Waals surface area (Å²) in [5, 5.41) is 13.0. The average molecular weight is 1890 g/mol. The van der Waals surface area contributed by atoms with Crippen LogP contribution in [-0.4, -0.2) is 38.2 Å². The summed E-state index contributed by atoms with van der Waals surface area (Å²) in [6, 6.07) is 173. The Morgan fingerprint density at radius 3 is 1.25 bits per heavy atom. The van der Waals surface area contributed by atoms with Crippen molar-refractivity contribution in [3.63, 3.8) is 0 Å². The molecular formula is C129H214N8O. The highest BCUT2D eigenvalue weighted by atomic mass is 16.3. The van der Waals surface area contributed by atoms with Crippen LogP contribution in [0.15, 0.2) is 490 Å². The van der Waals surface area contributed by atoms with Crippen molar-refractivity contribution < 1.29 is 95.7 Å². The van der Waals surface area contributed by atoms with Gasteiger partial charge in [-0.15, -0.1) is 0 Å². The van der Waals surface area contributed by atoms with Crippen LogP contribution in [0.4, 0.5) is 0 Å². The smallest absolute Gasteiger partial charge is 0.235 e. The predicted octanol–water partition coefficient (Wildman–Crippen LogP) is 49.5. The third kappa shape index (κ3) is 13.8. The molecule has 776 valence electrons. The predicted molar refractivity (Wildman–Crippen MR) is 709 cm³/mol. The van der Waals surface area contributed by atoms with Crippen LogP contribution in [0.1, 0.15) is 116 Å². The SMILES string of the molecule is CC1(C)c2ccccc2-c2cc3c(cc21)c1ccccc1n3-c1ccc(-c2cc(-c3ccccc3)nc(-c3ccccc3)n2)cc1.[HH].[HH].[HH].[HH].[HH].[HH].[HH].[HH].[HH].[HH].[HH].[HH].[HH].[HH].[HH].[HH].[HH].[HH].[HH].[HH].[HH].[HH].[HH].[HH].[HH].[HH].[HH].[HH].[HH].[HH].[HH].[HH].[HH].[HH].[HH].[HH].[HH].[HH].[HH].[HH].[HH].[HH].[HH].[HH].[HH].[HH].[HH].[HH].[HH].[HH].[HH].[HH].[HH].[HH].[HH].[HH].[HH].[HH].[HH].[HH].[HH].[HH].[HH].[HH].c1ccc(-c2cc(-c3ccccc3)cc(-n3c4ccccc4c4c5oc6ccccc6c5ccc43)c2)cc1.c1ccc(-c2cccc(-n3c4ccccc4c4cc(-c5ccc6c(c5)c5ccccc5n6-c5nc(-c6ccccc6)c6ccccc6n5)ccc43)c2)cc1. The van der Waals surface area contributed by atoms with Gasteiger partial charge in [0.05, 0.1) is 72.1 Å². The van der Waals surface area contributed by atoms with E-state index < -0.39 is 0 Å². The normalized spacial score (nSPS) is 12.2.